The molecule has 0 radical (unpaired) electrons. The van der Waals surface area contributed by atoms with Crippen LogP contribution in [0.1, 0.15) is 15.9 Å². The molecule has 0 bridgehead atoms. The van der Waals surface area contributed by atoms with Crippen LogP contribution in [0.3, 0.4) is 0 Å². The molecule has 7 nitrogen and oxygen atoms in total. The highest BCUT2D eigenvalue weighted by molar-refractivity contribution is 14.1. The van der Waals surface area contributed by atoms with Crippen LogP contribution in [-0.2, 0) is 16.0 Å². The number of carbonyl (C=O) groups excluding carboxylic acids is 3. The van der Waals surface area contributed by atoms with Gasteiger partial charge >= 0.3 is 0 Å². The fourth-order valence-electron chi connectivity index (χ4n) is 2.46. The van der Waals surface area contributed by atoms with Crippen molar-refractivity contribution in [3.05, 3.63) is 69.3 Å². The summed E-state index contributed by atoms with van der Waals surface area (Å²) < 4.78 is 0.767. The number of carbonyl (C=O) groups is 3. The van der Waals surface area contributed by atoms with Gasteiger partial charge in [0.1, 0.15) is 12.1 Å². The van der Waals surface area contributed by atoms with Gasteiger partial charge in [0, 0.05) is 16.5 Å². The summed E-state index contributed by atoms with van der Waals surface area (Å²) in [6.45, 7) is -0.121. The molecule has 0 aliphatic carbocycles. The van der Waals surface area contributed by atoms with Crippen molar-refractivity contribution in [3.8, 4) is 0 Å². The monoisotopic (exact) mass is 480 g/mol. The summed E-state index contributed by atoms with van der Waals surface area (Å²) in [5.41, 5.74) is 12.1. The predicted octanol–water partition coefficient (Wildman–Crippen LogP) is 0.561. The molecule has 0 aliphatic rings. The van der Waals surface area contributed by atoms with E-state index in [9.17, 15) is 14.4 Å². The molecule has 0 aromatic heterocycles. The number of hydrogen-bond donors (Lipinski definition) is 4. The van der Waals surface area contributed by atoms with Crippen molar-refractivity contribution in [1.29, 1.82) is 0 Å². The van der Waals surface area contributed by atoms with E-state index in [0.29, 0.717) is 5.56 Å². The number of primary amides is 1. The molecule has 2 rings (SSSR count). The molecule has 0 spiro atoms. The summed E-state index contributed by atoms with van der Waals surface area (Å²) >= 11 is 2.06. The smallest absolute Gasteiger partial charge is 0.253 e. The molecule has 0 saturated carbocycles. The number of benzene rings is 2. The van der Waals surface area contributed by atoms with Crippen molar-refractivity contribution < 1.29 is 14.4 Å². The number of nitrogens with one attached hydrogen (secondary N) is 2. The van der Waals surface area contributed by atoms with Crippen molar-refractivity contribution in [2.45, 2.75) is 18.5 Å². The van der Waals surface area contributed by atoms with Gasteiger partial charge in [0.25, 0.3) is 5.91 Å². The van der Waals surface area contributed by atoms with Gasteiger partial charge in [0.15, 0.2) is 0 Å². The molecule has 2 aromatic carbocycles. The fourth-order valence-corrected chi connectivity index (χ4v) is 3.09. The molecular formula is C19H21IN4O3. The molecule has 8 heteroatoms. The zero-order chi connectivity index (χ0) is 19.8. The normalized spacial score (nSPS) is 12.7. The lowest BCUT2D eigenvalue weighted by Gasteiger charge is -2.21. The van der Waals surface area contributed by atoms with Gasteiger partial charge in [-0.2, -0.15) is 0 Å². The Labute approximate surface area is 171 Å². The molecule has 6 N–H and O–H groups in total. The van der Waals surface area contributed by atoms with Crippen molar-refractivity contribution in [2.75, 3.05) is 6.54 Å². The summed E-state index contributed by atoms with van der Waals surface area (Å²) in [7, 11) is 0. The molecule has 3 amide bonds. The predicted molar refractivity (Wildman–Crippen MR) is 111 cm³/mol. The minimum Gasteiger partial charge on any atom is -0.368 e. The largest absolute Gasteiger partial charge is 0.368 e. The van der Waals surface area contributed by atoms with E-state index in [-0.39, 0.29) is 18.9 Å². The summed E-state index contributed by atoms with van der Waals surface area (Å²) in [6, 6.07) is 14.4. The summed E-state index contributed by atoms with van der Waals surface area (Å²) in [5, 5.41) is 5.24. The van der Waals surface area contributed by atoms with E-state index < -0.39 is 23.9 Å². The Balaban J connectivity index is 2.21. The first-order valence-electron chi connectivity index (χ1n) is 8.31. The van der Waals surface area contributed by atoms with E-state index in [0.717, 1.165) is 9.13 Å². The minimum atomic E-state index is -0.996. The highest BCUT2D eigenvalue weighted by Gasteiger charge is 2.26. The summed E-state index contributed by atoms with van der Waals surface area (Å²) in [6.07, 6.45) is 0.262. The lowest BCUT2D eigenvalue weighted by molar-refractivity contribution is -0.128. The van der Waals surface area contributed by atoms with Crippen molar-refractivity contribution in [2.24, 2.45) is 11.5 Å². The SMILES string of the molecule is NC[C@H](NC(=O)[C@H](Cc1ccccc1)NC(=O)c1ccccc1I)C(N)=O. The van der Waals surface area contributed by atoms with Crippen LogP contribution in [0.4, 0.5) is 0 Å². The van der Waals surface area contributed by atoms with Gasteiger partial charge < -0.3 is 22.1 Å². The van der Waals surface area contributed by atoms with Crippen LogP contribution in [-0.4, -0.2) is 36.3 Å². The first-order chi connectivity index (χ1) is 12.9. The molecule has 142 valence electrons. The standard InChI is InChI=1S/C19H21IN4O3/c20-14-9-5-4-8-13(14)18(26)23-15(10-12-6-2-1-3-7-12)19(27)24-16(11-21)17(22)25/h1-9,15-16H,10-11,21H2,(H2,22,25)(H,23,26)(H,24,27)/t15-,16-/m0/s1. The van der Waals surface area contributed by atoms with Crippen LogP contribution in [0.25, 0.3) is 0 Å². The van der Waals surface area contributed by atoms with Gasteiger partial charge in [0.2, 0.25) is 11.8 Å². The second-order valence-electron chi connectivity index (χ2n) is 5.89. The third-order valence-electron chi connectivity index (χ3n) is 3.92. The van der Waals surface area contributed by atoms with Gasteiger partial charge in [-0.05, 0) is 40.3 Å². The van der Waals surface area contributed by atoms with Crippen LogP contribution in [0.5, 0.6) is 0 Å². The number of nitrogens with two attached hydrogens (primary N) is 2. The molecule has 2 aromatic rings. The highest BCUT2D eigenvalue weighted by Crippen LogP contribution is 2.12. The van der Waals surface area contributed by atoms with Gasteiger partial charge in [-0.15, -0.1) is 0 Å². The maximum atomic E-state index is 12.7. The minimum absolute atomic E-state index is 0.121. The van der Waals surface area contributed by atoms with E-state index in [2.05, 4.69) is 33.2 Å². The Kier molecular flexibility index (Phi) is 7.74. The molecule has 0 saturated heterocycles. The zero-order valence-electron chi connectivity index (χ0n) is 14.5. The first kappa shape index (κ1) is 20.8. The molecule has 0 fully saturated rings. The van der Waals surface area contributed by atoms with E-state index in [1.165, 1.54) is 0 Å². The third kappa shape index (κ3) is 6.04. The summed E-state index contributed by atoms with van der Waals surface area (Å²) in [5.74, 6) is -1.62. The van der Waals surface area contributed by atoms with E-state index in [1.54, 1.807) is 18.2 Å². The average molecular weight is 480 g/mol. The van der Waals surface area contributed by atoms with Crippen molar-refractivity contribution in [3.63, 3.8) is 0 Å². The third-order valence-corrected chi connectivity index (χ3v) is 4.86. The Bertz CT molecular complexity index is 814. The van der Waals surface area contributed by atoms with Crippen LogP contribution in [0.2, 0.25) is 0 Å². The highest BCUT2D eigenvalue weighted by atomic mass is 127. The van der Waals surface area contributed by atoms with E-state index >= 15 is 0 Å². The number of amides is 3. The van der Waals surface area contributed by atoms with Gasteiger partial charge in [0.05, 0.1) is 5.56 Å². The van der Waals surface area contributed by atoms with Gasteiger partial charge in [-0.1, -0.05) is 42.5 Å². The number of hydrogen-bond acceptors (Lipinski definition) is 4. The van der Waals surface area contributed by atoms with Crippen molar-refractivity contribution in [1.82, 2.24) is 10.6 Å². The van der Waals surface area contributed by atoms with Crippen LogP contribution in [0.15, 0.2) is 54.6 Å². The lowest BCUT2D eigenvalue weighted by Crippen LogP contribution is -2.55. The maximum absolute atomic E-state index is 12.7. The summed E-state index contributed by atoms with van der Waals surface area (Å²) in [4.78, 5) is 36.7. The second-order valence-corrected chi connectivity index (χ2v) is 7.06. The maximum Gasteiger partial charge on any atom is 0.253 e. The lowest BCUT2D eigenvalue weighted by atomic mass is 10.0. The molecule has 0 aliphatic heterocycles. The Morgan fingerprint density at radius 3 is 2.15 bits per heavy atom. The van der Waals surface area contributed by atoms with Crippen LogP contribution in [0, 0.1) is 3.57 Å². The van der Waals surface area contributed by atoms with Crippen LogP contribution >= 0.6 is 22.6 Å². The fraction of sp³-hybridized carbons (Fsp3) is 0.211. The van der Waals surface area contributed by atoms with Crippen molar-refractivity contribution >= 4 is 40.3 Å². The van der Waals surface area contributed by atoms with Crippen LogP contribution < -0.4 is 22.1 Å². The first-order valence-corrected chi connectivity index (χ1v) is 9.39. The van der Waals surface area contributed by atoms with E-state index in [4.69, 9.17) is 11.5 Å². The van der Waals surface area contributed by atoms with Gasteiger partial charge in [-0.25, -0.2) is 0 Å². The second kappa shape index (κ2) is 10.0. The Hall–Kier alpha value is -2.46. The number of rotatable bonds is 8. The van der Waals surface area contributed by atoms with E-state index in [1.807, 2.05) is 36.4 Å². The molecular weight excluding hydrogens is 459 g/mol. The molecule has 0 heterocycles. The Morgan fingerprint density at radius 2 is 1.56 bits per heavy atom. The number of halogens is 1. The Morgan fingerprint density at radius 1 is 0.926 bits per heavy atom. The average Bonchev–Trinajstić information content (AvgIpc) is 2.66. The topological polar surface area (TPSA) is 127 Å². The molecule has 2 atom stereocenters. The zero-order valence-corrected chi connectivity index (χ0v) is 16.7. The quantitative estimate of drug-likeness (QED) is 0.412. The molecule has 0 unspecified atom stereocenters. The van der Waals surface area contributed by atoms with Gasteiger partial charge in [-0.3, -0.25) is 14.4 Å². The molecule has 27 heavy (non-hydrogen) atoms.